The molecule has 1 fully saturated rings. The van der Waals surface area contributed by atoms with Crippen LogP contribution in [0, 0.1) is 0 Å². The van der Waals surface area contributed by atoms with E-state index in [1.165, 1.54) is 11.1 Å². The standard InChI is InChI=1S/C20H24N6O/c1-2-4-17-15(3-1)7-12-27-19(17)14-25-11-10-22-20(25)18-13-26(24-23-18)16-5-8-21-9-6-16/h1-4,10-11,13,16,19,21H,5-9,12,14H2/t19-/m0/s1. The molecule has 1 saturated heterocycles. The van der Waals surface area contributed by atoms with Crippen molar-refractivity contribution < 1.29 is 4.74 Å². The fourth-order valence-electron chi connectivity index (χ4n) is 4.13. The topological polar surface area (TPSA) is 69.8 Å². The van der Waals surface area contributed by atoms with Gasteiger partial charge in [0.15, 0.2) is 5.82 Å². The van der Waals surface area contributed by atoms with E-state index in [0.29, 0.717) is 6.04 Å². The van der Waals surface area contributed by atoms with Crippen LogP contribution in [0.3, 0.4) is 0 Å². The first-order valence-electron chi connectivity index (χ1n) is 9.72. The minimum Gasteiger partial charge on any atom is -0.371 e. The van der Waals surface area contributed by atoms with Crippen LogP contribution in [0.25, 0.3) is 11.5 Å². The summed E-state index contributed by atoms with van der Waals surface area (Å²) in [5, 5.41) is 12.2. The molecule has 1 N–H and O–H groups in total. The molecule has 0 spiro atoms. The first-order chi connectivity index (χ1) is 13.4. The molecule has 7 heteroatoms. The second-order valence-corrected chi connectivity index (χ2v) is 7.28. The minimum atomic E-state index is 0.0439. The first-order valence-corrected chi connectivity index (χ1v) is 9.72. The zero-order valence-electron chi connectivity index (χ0n) is 15.3. The number of hydrogen-bond acceptors (Lipinski definition) is 5. The third-order valence-corrected chi connectivity index (χ3v) is 5.59. The fraction of sp³-hybridized carbons (Fsp3) is 0.450. The van der Waals surface area contributed by atoms with Crippen molar-refractivity contribution in [2.75, 3.05) is 19.7 Å². The smallest absolute Gasteiger partial charge is 0.162 e. The summed E-state index contributed by atoms with van der Waals surface area (Å²) in [6, 6.07) is 8.97. The van der Waals surface area contributed by atoms with Crippen LogP contribution in [0.5, 0.6) is 0 Å². The lowest BCUT2D eigenvalue weighted by Crippen LogP contribution is -2.29. The number of rotatable bonds is 4. The number of fused-ring (bicyclic) bond motifs is 1. The van der Waals surface area contributed by atoms with Crippen molar-refractivity contribution >= 4 is 0 Å². The van der Waals surface area contributed by atoms with Crippen LogP contribution in [0.4, 0.5) is 0 Å². The predicted octanol–water partition coefficient (Wildman–Crippen LogP) is 2.38. The van der Waals surface area contributed by atoms with Gasteiger partial charge < -0.3 is 14.6 Å². The van der Waals surface area contributed by atoms with E-state index in [-0.39, 0.29) is 6.10 Å². The molecule has 7 nitrogen and oxygen atoms in total. The quantitative estimate of drug-likeness (QED) is 0.770. The Hall–Kier alpha value is -2.51. The van der Waals surface area contributed by atoms with E-state index in [4.69, 9.17) is 4.74 Å². The summed E-state index contributed by atoms with van der Waals surface area (Å²) in [6.07, 6.45) is 9.06. The van der Waals surface area contributed by atoms with Crippen molar-refractivity contribution in [3.63, 3.8) is 0 Å². The maximum atomic E-state index is 6.07. The number of nitrogens with one attached hydrogen (secondary N) is 1. The summed E-state index contributed by atoms with van der Waals surface area (Å²) in [6.45, 7) is 3.56. The van der Waals surface area contributed by atoms with E-state index in [1.54, 1.807) is 0 Å². The molecule has 27 heavy (non-hydrogen) atoms. The Morgan fingerprint density at radius 1 is 1.19 bits per heavy atom. The summed E-state index contributed by atoms with van der Waals surface area (Å²) >= 11 is 0. The van der Waals surface area contributed by atoms with E-state index in [2.05, 4.69) is 49.4 Å². The molecule has 4 heterocycles. The monoisotopic (exact) mass is 364 g/mol. The van der Waals surface area contributed by atoms with Gasteiger partial charge in [-0.1, -0.05) is 29.5 Å². The number of aromatic nitrogens is 5. The molecule has 1 aromatic carbocycles. The van der Waals surface area contributed by atoms with E-state index >= 15 is 0 Å². The van der Waals surface area contributed by atoms with Crippen molar-refractivity contribution in [3.8, 4) is 11.5 Å². The first kappa shape index (κ1) is 16.6. The Bertz CT molecular complexity index is 911. The molecule has 0 radical (unpaired) electrons. The fourth-order valence-corrected chi connectivity index (χ4v) is 4.13. The average Bonchev–Trinajstić information content (AvgIpc) is 3.38. The SMILES string of the molecule is c1ccc2c(c1)CCO[C@H]2Cn1ccnc1-c1cn(C2CCNCC2)nn1. The van der Waals surface area contributed by atoms with Crippen molar-refractivity contribution in [1.29, 1.82) is 0 Å². The molecule has 2 aromatic heterocycles. The average molecular weight is 364 g/mol. The van der Waals surface area contributed by atoms with Crippen LogP contribution in [0.15, 0.2) is 42.9 Å². The summed E-state index contributed by atoms with van der Waals surface area (Å²) in [5.74, 6) is 0.849. The van der Waals surface area contributed by atoms with Crippen LogP contribution in [0.1, 0.15) is 36.1 Å². The molecular formula is C20H24N6O. The van der Waals surface area contributed by atoms with Gasteiger partial charge in [-0.3, -0.25) is 0 Å². The lowest BCUT2D eigenvalue weighted by Gasteiger charge is -2.26. The van der Waals surface area contributed by atoms with Crippen molar-refractivity contribution in [2.45, 2.75) is 38.0 Å². The molecule has 0 saturated carbocycles. The molecular weight excluding hydrogens is 340 g/mol. The normalized spacial score (nSPS) is 20.5. The molecule has 140 valence electrons. The molecule has 0 bridgehead atoms. The van der Waals surface area contributed by atoms with E-state index in [0.717, 1.165) is 57.0 Å². The molecule has 0 unspecified atom stereocenters. The summed E-state index contributed by atoms with van der Waals surface area (Å²) in [5.41, 5.74) is 3.48. The minimum absolute atomic E-state index is 0.0439. The number of imidazole rings is 1. The third kappa shape index (κ3) is 3.28. The third-order valence-electron chi connectivity index (χ3n) is 5.59. The summed E-state index contributed by atoms with van der Waals surface area (Å²) in [4.78, 5) is 4.55. The maximum absolute atomic E-state index is 6.07. The van der Waals surface area contributed by atoms with Crippen molar-refractivity contribution in [3.05, 3.63) is 54.0 Å². The van der Waals surface area contributed by atoms with Crippen LogP contribution >= 0.6 is 0 Å². The van der Waals surface area contributed by atoms with Gasteiger partial charge in [0.2, 0.25) is 0 Å². The van der Waals surface area contributed by atoms with Gasteiger partial charge >= 0.3 is 0 Å². The largest absolute Gasteiger partial charge is 0.371 e. The molecule has 3 aromatic rings. The highest BCUT2D eigenvalue weighted by Gasteiger charge is 2.23. The molecule has 0 amide bonds. The molecule has 2 aliphatic rings. The number of nitrogens with zero attached hydrogens (tertiary/aromatic N) is 5. The van der Waals surface area contributed by atoms with Crippen LogP contribution in [-0.4, -0.2) is 44.2 Å². The highest BCUT2D eigenvalue weighted by atomic mass is 16.5. The summed E-state index contributed by atoms with van der Waals surface area (Å²) in [7, 11) is 0. The molecule has 0 aliphatic carbocycles. The number of piperidine rings is 1. The zero-order valence-corrected chi connectivity index (χ0v) is 15.3. The molecule has 2 aliphatic heterocycles. The van der Waals surface area contributed by atoms with Gasteiger partial charge in [0, 0.05) is 12.4 Å². The van der Waals surface area contributed by atoms with Gasteiger partial charge in [-0.05, 0) is 43.5 Å². The van der Waals surface area contributed by atoms with Crippen molar-refractivity contribution in [1.82, 2.24) is 29.9 Å². The van der Waals surface area contributed by atoms with Crippen molar-refractivity contribution in [2.24, 2.45) is 0 Å². The molecule has 5 rings (SSSR count). The van der Waals surface area contributed by atoms with E-state index in [9.17, 15) is 0 Å². The Morgan fingerprint density at radius 2 is 2.07 bits per heavy atom. The Labute approximate surface area is 158 Å². The van der Waals surface area contributed by atoms with Crippen LogP contribution in [-0.2, 0) is 17.7 Å². The lowest BCUT2D eigenvalue weighted by atomic mass is 9.97. The Morgan fingerprint density at radius 3 is 3.00 bits per heavy atom. The Balaban J connectivity index is 1.38. The highest BCUT2D eigenvalue weighted by Crippen LogP contribution is 2.29. The number of ether oxygens (including phenoxy) is 1. The van der Waals surface area contributed by atoms with E-state index in [1.807, 2.05) is 23.3 Å². The van der Waals surface area contributed by atoms with Gasteiger partial charge in [0.05, 0.1) is 25.4 Å². The lowest BCUT2D eigenvalue weighted by molar-refractivity contribution is 0.0309. The second kappa shape index (κ2) is 7.25. The van der Waals surface area contributed by atoms with Crippen LogP contribution < -0.4 is 5.32 Å². The zero-order chi connectivity index (χ0) is 18.1. The Kier molecular flexibility index (Phi) is 4.47. The van der Waals surface area contributed by atoms with Gasteiger partial charge in [-0.15, -0.1) is 5.10 Å². The van der Waals surface area contributed by atoms with Crippen LogP contribution in [0.2, 0.25) is 0 Å². The van der Waals surface area contributed by atoms with Gasteiger partial charge in [-0.25, -0.2) is 9.67 Å². The highest BCUT2D eigenvalue weighted by molar-refractivity contribution is 5.47. The van der Waals surface area contributed by atoms with Gasteiger partial charge in [0.25, 0.3) is 0 Å². The maximum Gasteiger partial charge on any atom is 0.162 e. The van der Waals surface area contributed by atoms with Gasteiger partial charge in [0.1, 0.15) is 11.8 Å². The van der Waals surface area contributed by atoms with Gasteiger partial charge in [-0.2, -0.15) is 0 Å². The predicted molar refractivity (Wildman–Crippen MR) is 101 cm³/mol. The number of benzene rings is 1. The van der Waals surface area contributed by atoms with E-state index < -0.39 is 0 Å². The number of hydrogen-bond donors (Lipinski definition) is 1. The second-order valence-electron chi connectivity index (χ2n) is 7.28. The summed E-state index contributed by atoms with van der Waals surface area (Å²) < 4.78 is 10.2. The molecule has 1 atom stereocenters.